The van der Waals surface area contributed by atoms with E-state index in [1.165, 1.54) is 12.8 Å². The normalized spacial score (nSPS) is 19.2. The first-order chi connectivity index (χ1) is 10.2. The minimum absolute atomic E-state index is 0.413. The van der Waals surface area contributed by atoms with E-state index in [2.05, 4.69) is 43.7 Å². The molecule has 1 aliphatic heterocycles. The molecule has 0 N–H and O–H groups in total. The van der Waals surface area contributed by atoms with Crippen LogP contribution in [-0.2, 0) is 19.6 Å². The van der Waals surface area contributed by atoms with Gasteiger partial charge in [-0.3, -0.25) is 4.90 Å². The van der Waals surface area contributed by atoms with Crippen LogP contribution in [0.1, 0.15) is 61.9 Å². The van der Waals surface area contributed by atoms with Crippen molar-refractivity contribution in [1.82, 2.24) is 29.8 Å². The molecule has 1 aliphatic carbocycles. The SMILES string of the molecule is CC(C)c1nnc2n1CCN(Cc1noc(C3CC3)n1)C2. The van der Waals surface area contributed by atoms with Crippen LogP contribution >= 0.6 is 0 Å². The van der Waals surface area contributed by atoms with Crippen molar-refractivity contribution in [2.45, 2.75) is 58.2 Å². The van der Waals surface area contributed by atoms with E-state index in [0.717, 1.165) is 49.5 Å². The Morgan fingerprint density at radius 1 is 1.24 bits per heavy atom. The third-order valence-corrected chi connectivity index (χ3v) is 4.15. The van der Waals surface area contributed by atoms with Crippen molar-refractivity contribution >= 4 is 0 Å². The maximum atomic E-state index is 5.31. The predicted octanol–water partition coefficient (Wildman–Crippen LogP) is 1.68. The first-order valence-electron chi connectivity index (χ1n) is 7.67. The molecule has 0 bridgehead atoms. The molecule has 0 aromatic carbocycles. The summed E-state index contributed by atoms with van der Waals surface area (Å²) in [6.07, 6.45) is 2.37. The molecule has 0 amide bonds. The summed E-state index contributed by atoms with van der Waals surface area (Å²) in [5.41, 5.74) is 0. The highest BCUT2D eigenvalue weighted by Gasteiger charge is 2.30. The summed E-state index contributed by atoms with van der Waals surface area (Å²) in [5.74, 6) is 4.65. The summed E-state index contributed by atoms with van der Waals surface area (Å²) >= 11 is 0. The summed E-state index contributed by atoms with van der Waals surface area (Å²) in [6.45, 7) is 7.74. The number of fused-ring (bicyclic) bond motifs is 1. The zero-order chi connectivity index (χ0) is 14.4. The molecule has 1 saturated carbocycles. The van der Waals surface area contributed by atoms with Crippen molar-refractivity contribution in [2.75, 3.05) is 6.54 Å². The standard InChI is InChI=1S/C14H20N6O/c1-9(2)13-17-16-12-8-19(5-6-20(12)13)7-11-15-14(21-18-11)10-3-4-10/h9-10H,3-8H2,1-2H3. The van der Waals surface area contributed by atoms with Gasteiger partial charge in [-0.05, 0) is 12.8 Å². The van der Waals surface area contributed by atoms with Crippen LogP contribution in [0.2, 0.25) is 0 Å². The Kier molecular flexibility index (Phi) is 3.02. The molecule has 2 aromatic heterocycles. The minimum atomic E-state index is 0.413. The molecule has 0 atom stereocenters. The summed E-state index contributed by atoms with van der Waals surface area (Å²) in [5, 5.41) is 12.7. The zero-order valence-electron chi connectivity index (χ0n) is 12.5. The first kappa shape index (κ1) is 12.9. The van der Waals surface area contributed by atoms with Crippen LogP contribution in [0.5, 0.6) is 0 Å². The number of hydrogen-bond donors (Lipinski definition) is 0. The lowest BCUT2D eigenvalue weighted by molar-refractivity contribution is 0.199. The highest BCUT2D eigenvalue weighted by Crippen LogP contribution is 2.38. The first-order valence-corrected chi connectivity index (χ1v) is 7.67. The molecule has 3 heterocycles. The Bertz CT molecular complexity index is 642. The van der Waals surface area contributed by atoms with Gasteiger partial charge in [-0.1, -0.05) is 19.0 Å². The fourth-order valence-corrected chi connectivity index (χ4v) is 2.82. The molecule has 0 spiro atoms. The molecule has 2 aromatic rings. The molecule has 7 nitrogen and oxygen atoms in total. The largest absolute Gasteiger partial charge is 0.339 e. The second kappa shape index (κ2) is 4.91. The summed E-state index contributed by atoms with van der Waals surface area (Å²) < 4.78 is 7.56. The van der Waals surface area contributed by atoms with Gasteiger partial charge < -0.3 is 9.09 Å². The molecular weight excluding hydrogens is 268 g/mol. The second-order valence-electron chi connectivity index (χ2n) is 6.31. The molecule has 112 valence electrons. The Balaban J connectivity index is 1.45. The maximum Gasteiger partial charge on any atom is 0.229 e. The number of nitrogens with zero attached hydrogens (tertiary/aromatic N) is 6. The van der Waals surface area contributed by atoms with E-state index in [4.69, 9.17) is 4.52 Å². The molecule has 0 saturated heterocycles. The molecule has 21 heavy (non-hydrogen) atoms. The maximum absolute atomic E-state index is 5.31. The van der Waals surface area contributed by atoms with Gasteiger partial charge in [0.25, 0.3) is 0 Å². The van der Waals surface area contributed by atoms with Crippen molar-refractivity contribution in [2.24, 2.45) is 0 Å². The zero-order valence-corrected chi connectivity index (χ0v) is 12.5. The highest BCUT2D eigenvalue weighted by molar-refractivity contribution is 5.04. The van der Waals surface area contributed by atoms with Gasteiger partial charge >= 0.3 is 0 Å². The van der Waals surface area contributed by atoms with Gasteiger partial charge in [0.05, 0.1) is 13.1 Å². The van der Waals surface area contributed by atoms with Gasteiger partial charge in [0, 0.05) is 24.9 Å². The minimum Gasteiger partial charge on any atom is -0.339 e. The molecular formula is C14H20N6O. The topological polar surface area (TPSA) is 72.9 Å². The van der Waals surface area contributed by atoms with Gasteiger partial charge in [0.15, 0.2) is 5.82 Å². The monoisotopic (exact) mass is 288 g/mol. The van der Waals surface area contributed by atoms with Gasteiger partial charge in [-0.25, -0.2) is 0 Å². The van der Waals surface area contributed by atoms with Crippen molar-refractivity contribution in [3.8, 4) is 0 Å². The molecule has 1 fully saturated rings. The van der Waals surface area contributed by atoms with Gasteiger partial charge in [-0.15, -0.1) is 10.2 Å². The third kappa shape index (κ3) is 2.46. The average Bonchev–Trinajstić information content (AvgIpc) is 3.06. The van der Waals surface area contributed by atoms with Crippen molar-refractivity contribution in [1.29, 1.82) is 0 Å². The fraction of sp³-hybridized carbons (Fsp3) is 0.714. The lowest BCUT2D eigenvalue weighted by Gasteiger charge is -2.26. The lowest BCUT2D eigenvalue weighted by Crippen LogP contribution is -2.34. The Labute approximate surface area is 123 Å². The molecule has 2 aliphatic rings. The average molecular weight is 288 g/mol. The van der Waals surface area contributed by atoms with Crippen molar-refractivity contribution in [3.63, 3.8) is 0 Å². The third-order valence-electron chi connectivity index (χ3n) is 4.15. The van der Waals surface area contributed by atoms with Crippen LogP contribution in [0.4, 0.5) is 0 Å². The van der Waals surface area contributed by atoms with Crippen LogP contribution in [0.15, 0.2) is 4.52 Å². The van der Waals surface area contributed by atoms with E-state index >= 15 is 0 Å². The van der Waals surface area contributed by atoms with Gasteiger partial charge in [0.1, 0.15) is 11.6 Å². The Morgan fingerprint density at radius 3 is 2.86 bits per heavy atom. The van der Waals surface area contributed by atoms with Crippen LogP contribution in [0, 0.1) is 0 Å². The van der Waals surface area contributed by atoms with Crippen LogP contribution in [-0.4, -0.2) is 36.3 Å². The number of aromatic nitrogens is 5. The number of rotatable bonds is 4. The predicted molar refractivity (Wildman–Crippen MR) is 74.5 cm³/mol. The van der Waals surface area contributed by atoms with Crippen LogP contribution < -0.4 is 0 Å². The van der Waals surface area contributed by atoms with E-state index in [0.29, 0.717) is 11.8 Å². The fourth-order valence-electron chi connectivity index (χ4n) is 2.82. The second-order valence-corrected chi connectivity index (χ2v) is 6.31. The quantitative estimate of drug-likeness (QED) is 0.852. The molecule has 0 unspecified atom stereocenters. The highest BCUT2D eigenvalue weighted by atomic mass is 16.5. The van der Waals surface area contributed by atoms with Gasteiger partial charge in [0.2, 0.25) is 5.89 Å². The van der Waals surface area contributed by atoms with Crippen molar-refractivity contribution in [3.05, 3.63) is 23.4 Å². The summed E-state index contributed by atoms with van der Waals surface area (Å²) in [6, 6.07) is 0. The molecule has 0 radical (unpaired) electrons. The van der Waals surface area contributed by atoms with Crippen molar-refractivity contribution < 1.29 is 4.52 Å². The Morgan fingerprint density at radius 2 is 2.10 bits per heavy atom. The Hall–Kier alpha value is -1.76. The summed E-state index contributed by atoms with van der Waals surface area (Å²) in [4.78, 5) is 6.79. The van der Waals surface area contributed by atoms with E-state index < -0.39 is 0 Å². The van der Waals surface area contributed by atoms with E-state index in [1.54, 1.807) is 0 Å². The number of hydrogen-bond acceptors (Lipinski definition) is 6. The van der Waals surface area contributed by atoms with Crippen LogP contribution in [0.25, 0.3) is 0 Å². The molecule has 4 rings (SSSR count). The lowest BCUT2D eigenvalue weighted by atomic mass is 10.2. The molecule has 7 heteroatoms. The van der Waals surface area contributed by atoms with Crippen LogP contribution in [0.3, 0.4) is 0 Å². The van der Waals surface area contributed by atoms with E-state index in [1.807, 2.05) is 0 Å². The van der Waals surface area contributed by atoms with Gasteiger partial charge in [-0.2, -0.15) is 4.98 Å². The smallest absolute Gasteiger partial charge is 0.229 e. The van der Waals surface area contributed by atoms with E-state index in [9.17, 15) is 0 Å². The van der Waals surface area contributed by atoms with E-state index in [-0.39, 0.29) is 0 Å². The summed E-state index contributed by atoms with van der Waals surface area (Å²) in [7, 11) is 0.